The maximum absolute atomic E-state index is 12.1. The minimum Gasteiger partial charge on any atom is -0.493 e. The Hall–Kier alpha value is -4.59. The number of aryl methyl sites for hydroxylation is 3. The zero-order valence-electron chi connectivity index (χ0n) is 19.9. The fourth-order valence-corrected chi connectivity index (χ4v) is 4.90. The number of aromatic nitrogens is 3. The number of hydrogen-bond acceptors (Lipinski definition) is 4. The highest BCUT2D eigenvalue weighted by molar-refractivity contribution is 6.06. The maximum Gasteiger partial charge on any atom is 0.354 e. The van der Waals surface area contributed by atoms with Crippen LogP contribution >= 0.6 is 0 Å². The molecule has 0 aliphatic carbocycles. The Bertz CT molecular complexity index is 1620. The molecule has 8 heteroatoms. The van der Waals surface area contributed by atoms with Gasteiger partial charge in [-0.1, -0.05) is 54.6 Å². The second kappa shape index (κ2) is 9.22. The normalized spacial score (nSPS) is 11.3. The summed E-state index contributed by atoms with van der Waals surface area (Å²) in [7, 11) is 1.58. The Balaban J connectivity index is 1.47. The molecule has 182 valence electrons. The Morgan fingerprint density at radius 3 is 2.47 bits per heavy atom. The van der Waals surface area contributed by atoms with Gasteiger partial charge in [0.1, 0.15) is 11.4 Å². The van der Waals surface area contributed by atoms with Crippen LogP contribution in [0.15, 0.2) is 60.7 Å². The number of carboxylic acid groups (broad SMARTS) is 2. The van der Waals surface area contributed by atoms with Crippen LogP contribution < -0.4 is 4.74 Å². The van der Waals surface area contributed by atoms with Crippen molar-refractivity contribution in [2.24, 2.45) is 7.05 Å². The van der Waals surface area contributed by atoms with Crippen molar-refractivity contribution < 1.29 is 24.5 Å². The summed E-state index contributed by atoms with van der Waals surface area (Å²) in [5.74, 6) is -1.37. The van der Waals surface area contributed by atoms with Gasteiger partial charge in [-0.15, -0.1) is 0 Å². The monoisotopic (exact) mass is 483 g/mol. The standard InChI is InChI=1S/C28H25N3O5/c1-16-23(26(28(34)35)31(2)30-16)21-12-6-11-19-20(25(27(32)33)29-24(19)21)13-7-15-36-22-14-5-9-17-8-3-4-10-18(17)22/h3-6,8-12,14,29H,7,13,15H2,1-2H3,(H,32,33)(H,34,35). The van der Waals surface area contributed by atoms with Gasteiger partial charge in [-0.05, 0) is 36.8 Å². The Kier molecular flexibility index (Phi) is 5.93. The third-order valence-electron chi connectivity index (χ3n) is 6.43. The van der Waals surface area contributed by atoms with Crippen molar-refractivity contribution in [3.05, 3.63) is 83.3 Å². The lowest BCUT2D eigenvalue weighted by Gasteiger charge is -2.09. The summed E-state index contributed by atoms with van der Waals surface area (Å²) >= 11 is 0. The molecule has 2 heterocycles. The number of hydrogen-bond donors (Lipinski definition) is 3. The van der Waals surface area contributed by atoms with E-state index in [9.17, 15) is 19.8 Å². The molecule has 0 fully saturated rings. The van der Waals surface area contributed by atoms with Gasteiger partial charge in [0.25, 0.3) is 0 Å². The Labute approximate surface area is 206 Å². The molecule has 3 aromatic carbocycles. The van der Waals surface area contributed by atoms with E-state index in [0.29, 0.717) is 47.3 Å². The van der Waals surface area contributed by atoms with Gasteiger partial charge < -0.3 is 19.9 Å². The molecule has 0 aliphatic rings. The van der Waals surface area contributed by atoms with Crippen molar-refractivity contribution in [3.8, 4) is 16.9 Å². The number of fused-ring (bicyclic) bond motifs is 2. The van der Waals surface area contributed by atoms with Crippen molar-refractivity contribution in [2.45, 2.75) is 19.8 Å². The molecule has 0 aliphatic heterocycles. The van der Waals surface area contributed by atoms with Crippen LogP contribution in [0.3, 0.4) is 0 Å². The minimum absolute atomic E-state index is 0.0523. The van der Waals surface area contributed by atoms with E-state index < -0.39 is 11.9 Å². The molecular formula is C28H25N3O5. The molecule has 0 atom stereocenters. The number of rotatable bonds is 8. The van der Waals surface area contributed by atoms with E-state index in [1.54, 1.807) is 20.0 Å². The van der Waals surface area contributed by atoms with Gasteiger partial charge >= 0.3 is 11.9 Å². The summed E-state index contributed by atoms with van der Waals surface area (Å²) in [6.45, 7) is 2.16. The maximum atomic E-state index is 12.1. The van der Waals surface area contributed by atoms with E-state index in [-0.39, 0.29) is 11.4 Å². The molecule has 0 saturated carbocycles. The van der Waals surface area contributed by atoms with Gasteiger partial charge in [-0.2, -0.15) is 5.10 Å². The average Bonchev–Trinajstić information content (AvgIpc) is 3.38. The predicted octanol–water partition coefficient (Wildman–Crippen LogP) is 5.44. The fraction of sp³-hybridized carbons (Fsp3) is 0.179. The number of aromatic amines is 1. The smallest absolute Gasteiger partial charge is 0.354 e. The number of nitrogens with zero attached hydrogens (tertiary/aromatic N) is 2. The van der Waals surface area contributed by atoms with E-state index in [1.165, 1.54) is 4.68 Å². The van der Waals surface area contributed by atoms with Crippen LogP contribution in [0, 0.1) is 6.92 Å². The van der Waals surface area contributed by atoms with Crippen molar-refractivity contribution in [3.63, 3.8) is 0 Å². The predicted molar refractivity (Wildman–Crippen MR) is 137 cm³/mol. The van der Waals surface area contributed by atoms with E-state index in [4.69, 9.17) is 4.74 Å². The summed E-state index contributed by atoms with van der Waals surface area (Å²) in [6.07, 6.45) is 1.08. The second-order valence-corrected chi connectivity index (χ2v) is 8.68. The molecular weight excluding hydrogens is 458 g/mol. The molecule has 0 radical (unpaired) electrons. The number of ether oxygens (including phenoxy) is 1. The average molecular weight is 484 g/mol. The molecule has 0 saturated heterocycles. The molecule has 2 aromatic heterocycles. The lowest BCUT2D eigenvalue weighted by atomic mass is 9.98. The summed E-state index contributed by atoms with van der Waals surface area (Å²) in [4.78, 5) is 27.1. The van der Waals surface area contributed by atoms with E-state index in [1.807, 2.05) is 54.6 Å². The summed E-state index contributed by atoms with van der Waals surface area (Å²) < 4.78 is 7.38. The van der Waals surface area contributed by atoms with Crippen LogP contribution in [0.25, 0.3) is 32.8 Å². The summed E-state index contributed by atoms with van der Waals surface area (Å²) in [5, 5.41) is 26.8. The third-order valence-corrected chi connectivity index (χ3v) is 6.43. The number of H-pyrrole nitrogens is 1. The third kappa shape index (κ3) is 3.96. The zero-order valence-corrected chi connectivity index (χ0v) is 19.9. The molecule has 0 bridgehead atoms. The lowest BCUT2D eigenvalue weighted by molar-refractivity contribution is 0.0677. The molecule has 5 rings (SSSR count). The van der Waals surface area contributed by atoms with Crippen molar-refractivity contribution in [2.75, 3.05) is 6.61 Å². The van der Waals surface area contributed by atoms with E-state index in [0.717, 1.165) is 21.9 Å². The molecule has 36 heavy (non-hydrogen) atoms. The molecule has 0 amide bonds. The number of nitrogens with one attached hydrogen (secondary N) is 1. The largest absolute Gasteiger partial charge is 0.493 e. The van der Waals surface area contributed by atoms with E-state index >= 15 is 0 Å². The molecule has 3 N–H and O–H groups in total. The topological polar surface area (TPSA) is 117 Å². The summed E-state index contributed by atoms with van der Waals surface area (Å²) in [5.41, 5.74) is 3.03. The first-order valence-corrected chi connectivity index (χ1v) is 11.6. The van der Waals surface area contributed by atoms with Crippen LogP contribution in [-0.4, -0.2) is 43.5 Å². The van der Waals surface area contributed by atoms with Gasteiger partial charge in [0, 0.05) is 28.9 Å². The van der Waals surface area contributed by atoms with Crippen LogP contribution in [0.1, 0.15) is 38.7 Å². The van der Waals surface area contributed by atoms with Gasteiger partial charge in [-0.25, -0.2) is 9.59 Å². The highest BCUT2D eigenvalue weighted by Crippen LogP contribution is 2.36. The highest BCUT2D eigenvalue weighted by atomic mass is 16.5. The van der Waals surface area contributed by atoms with Gasteiger partial charge in [0.05, 0.1) is 17.8 Å². The number of para-hydroxylation sites is 1. The number of carboxylic acids is 2. The van der Waals surface area contributed by atoms with Crippen LogP contribution in [-0.2, 0) is 13.5 Å². The zero-order chi connectivity index (χ0) is 25.4. The van der Waals surface area contributed by atoms with Crippen LogP contribution in [0.2, 0.25) is 0 Å². The van der Waals surface area contributed by atoms with Gasteiger partial charge in [-0.3, -0.25) is 4.68 Å². The SMILES string of the molecule is Cc1nn(C)c(C(=O)O)c1-c1cccc2c(CCCOc3cccc4ccccc34)c(C(=O)O)[nH]c12. The molecule has 8 nitrogen and oxygen atoms in total. The number of carbonyl (C=O) groups is 2. The first-order chi connectivity index (χ1) is 17.4. The second-order valence-electron chi connectivity index (χ2n) is 8.68. The van der Waals surface area contributed by atoms with Crippen molar-refractivity contribution >= 4 is 33.6 Å². The Morgan fingerprint density at radius 2 is 1.69 bits per heavy atom. The summed E-state index contributed by atoms with van der Waals surface area (Å²) in [6, 6.07) is 19.4. The van der Waals surface area contributed by atoms with Gasteiger partial charge in [0.15, 0.2) is 5.69 Å². The number of benzene rings is 3. The van der Waals surface area contributed by atoms with Crippen molar-refractivity contribution in [1.82, 2.24) is 14.8 Å². The van der Waals surface area contributed by atoms with Crippen molar-refractivity contribution in [1.29, 1.82) is 0 Å². The molecule has 5 aromatic rings. The minimum atomic E-state index is -1.10. The first-order valence-electron chi connectivity index (χ1n) is 11.6. The molecule has 0 spiro atoms. The first kappa shape index (κ1) is 23.2. The highest BCUT2D eigenvalue weighted by Gasteiger charge is 2.25. The van der Waals surface area contributed by atoms with E-state index in [2.05, 4.69) is 10.1 Å². The number of aromatic carboxylic acids is 2. The van der Waals surface area contributed by atoms with Crippen LogP contribution in [0.5, 0.6) is 5.75 Å². The molecule has 0 unspecified atom stereocenters. The fourth-order valence-electron chi connectivity index (χ4n) is 4.90. The lowest BCUT2D eigenvalue weighted by Crippen LogP contribution is -2.06. The Morgan fingerprint density at radius 1 is 0.972 bits per heavy atom. The quantitative estimate of drug-likeness (QED) is 0.253. The van der Waals surface area contributed by atoms with Crippen LogP contribution in [0.4, 0.5) is 0 Å². The van der Waals surface area contributed by atoms with Gasteiger partial charge in [0.2, 0.25) is 0 Å².